The fourth-order valence-electron chi connectivity index (χ4n) is 2.90. The van der Waals surface area contributed by atoms with E-state index in [1.807, 2.05) is 4.90 Å². The monoisotopic (exact) mass is 430 g/mol. The second kappa shape index (κ2) is 8.24. The van der Waals surface area contributed by atoms with E-state index in [1.165, 1.54) is 13.2 Å². The molecule has 1 aromatic rings. The first kappa shape index (κ1) is 20.5. The van der Waals surface area contributed by atoms with Crippen LogP contribution < -0.4 is 10.2 Å². The van der Waals surface area contributed by atoms with Crippen LogP contribution in [0.15, 0.2) is 16.6 Å². The van der Waals surface area contributed by atoms with Gasteiger partial charge in [0.1, 0.15) is 17.0 Å². The van der Waals surface area contributed by atoms with Crippen molar-refractivity contribution in [2.24, 2.45) is 0 Å². The number of halogens is 2. The lowest BCUT2D eigenvalue weighted by Crippen LogP contribution is -2.49. The van der Waals surface area contributed by atoms with Crippen LogP contribution in [-0.2, 0) is 9.47 Å². The molecule has 1 aromatic carbocycles. The number of rotatable bonds is 3. The number of carbonyl (C=O) groups excluding carboxylic acids is 2. The number of benzene rings is 1. The third-order valence-electron chi connectivity index (χ3n) is 3.91. The van der Waals surface area contributed by atoms with Crippen LogP contribution in [-0.4, -0.2) is 43.9 Å². The van der Waals surface area contributed by atoms with Gasteiger partial charge in [-0.2, -0.15) is 0 Å². The number of nitrogens with one attached hydrogen (secondary N) is 1. The molecule has 1 aliphatic heterocycles. The molecule has 1 N–H and O–H groups in total. The van der Waals surface area contributed by atoms with Crippen molar-refractivity contribution >= 4 is 33.7 Å². The molecule has 1 heterocycles. The summed E-state index contributed by atoms with van der Waals surface area (Å²) in [4.78, 5) is 25.9. The second-order valence-corrected chi connectivity index (χ2v) is 8.12. The lowest BCUT2D eigenvalue weighted by atomic mass is 10.0. The van der Waals surface area contributed by atoms with Crippen LogP contribution in [0, 0.1) is 5.82 Å². The molecular weight excluding hydrogens is 407 g/mol. The average Bonchev–Trinajstić information content (AvgIpc) is 2.51. The predicted molar refractivity (Wildman–Crippen MR) is 100 cm³/mol. The molecule has 0 unspecified atom stereocenters. The van der Waals surface area contributed by atoms with Crippen molar-refractivity contribution in [3.05, 3.63) is 28.0 Å². The molecular formula is C18H24BrFN2O4. The highest BCUT2D eigenvalue weighted by Gasteiger charge is 2.28. The van der Waals surface area contributed by atoms with E-state index in [0.29, 0.717) is 23.2 Å². The minimum atomic E-state index is -0.729. The van der Waals surface area contributed by atoms with E-state index in [9.17, 15) is 14.0 Å². The second-order valence-electron chi connectivity index (χ2n) is 7.20. The van der Waals surface area contributed by atoms with Crippen LogP contribution in [0.5, 0.6) is 0 Å². The summed E-state index contributed by atoms with van der Waals surface area (Å²) in [5.74, 6) is -1.38. The number of amides is 1. The number of esters is 1. The van der Waals surface area contributed by atoms with Crippen LogP contribution in [0.4, 0.5) is 14.9 Å². The summed E-state index contributed by atoms with van der Waals surface area (Å²) in [6, 6.07) is 2.76. The number of nitrogens with zero attached hydrogens (tertiary/aromatic N) is 1. The minimum Gasteiger partial charge on any atom is -0.465 e. The van der Waals surface area contributed by atoms with Crippen molar-refractivity contribution in [1.29, 1.82) is 0 Å². The van der Waals surface area contributed by atoms with Gasteiger partial charge in [-0.3, -0.25) is 0 Å². The number of ether oxygens (including phenoxy) is 2. The number of hydrogen-bond donors (Lipinski definition) is 1. The number of alkyl carbamates (subject to hydrolysis) is 1. The maximum Gasteiger partial charge on any atom is 0.407 e. The smallest absolute Gasteiger partial charge is 0.407 e. The van der Waals surface area contributed by atoms with E-state index >= 15 is 0 Å². The maximum absolute atomic E-state index is 14.3. The first-order valence-corrected chi connectivity index (χ1v) is 9.22. The summed E-state index contributed by atoms with van der Waals surface area (Å²) in [7, 11) is 1.22. The van der Waals surface area contributed by atoms with E-state index in [4.69, 9.17) is 9.47 Å². The molecule has 1 fully saturated rings. The van der Waals surface area contributed by atoms with Crippen LogP contribution >= 0.6 is 15.9 Å². The predicted octanol–water partition coefficient (Wildman–Crippen LogP) is 3.87. The Hall–Kier alpha value is -1.83. The summed E-state index contributed by atoms with van der Waals surface area (Å²) in [6.45, 7) is 6.48. The van der Waals surface area contributed by atoms with Gasteiger partial charge in [0, 0.05) is 23.6 Å². The topological polar surface area (TPSA) is 67.9 Å². The molecule has 8 heteroatoms. The maximum atomic E-state index is 14.3. The van der Waals surface area contributed by atoms with Crippen LogP contribution in [0.25, 0.3) is 0 Å². The van der Waals surface area contributed by atoms with Gasteiger partial charge < -0.3 is 19.7 Å². The van der Waals surface area contributed by atoms with Crippen LogP contribution in [0.1, 0.15) is 44.0 Å². The van der Waals surface area contributed by atoms with Crippen molar-refractivity contribution in [2.75, 3.05) is 25.1 Å². The Morgan fingerprint density at radius 3 is 2.65 bits per heavy atom. The Morgan fingerprint density at radius 2 is 2.04 bits per heavy atom. The largest absolute Gasteiger partial charge is 0.465 e. The molecule has 0 spiro atoms. The van der Waals surface area contributed by atoms with Gasteiger partial charge >= 0.3 is 12.1 Å². The van der Waals surface area contributed by atoms with Gasteiger partial charge in [-0.1, -0.05) is 15.9 Å². The molecule has 0 radical (unpaired) electrons. The zero-order chi connectivity index (χ0) is 19.5. The number of hydrogen-bond acceptors (Lipinski definition) is 5. The van der Waals surface area contributed by atoms with Gasteiger partial charge in [0.2, 0.25) is 0 Å². The molecule has 6 nitrogen and oxygen atoms in total. The first-order valence-electron chi connectivity index (χ1n) is 8.42. The molecule has 144 valence electrons. The SMILES string of the molecule is COC(=O)c1c(F)cc(Br)cc1N1CCC[C@@H](NC(=O)OC(C)(C)C)C1. The Morgan fingerprint density at radius 1 is 1.35 bits per heavy atom. The van der Waals surface area contributed by atoms with Gasteiger partial charge in [0.25, 0.3) is 0 Å². The summed E-state index contributed by atoms with van der Waals surface area (Å²) < 4.78 is 24.9. The van der Waals surface area contributed by atoms with Gasteiger partial charge in [-0.15, -0.1) is 0 Å². The molecule has 0 saturated carbocycles. The zero-order valence-corrected chi connectivity index (χ0v) is 17.0. The van der Waals surface area contributed by atoms with E-state index < -0.39 is 23.5 Å². The van der Waals surface area contributed by atoms with Gasteiger partial charge in [-0.25, -0.2) is 14.0 Å². The molecule has 1 saturated heterocycles. The Balaban J connectivity index is 2.19. The third kappa shape index (κ3) is 5.33. The first-order chi connectivity index (χ1) is 12.1. The normalized spacial score (nSPS) is 17.6. The average molecular weight is 431 g/mol. The Kier molecular flexibility index (Phi) is 6.49. The summed E-state index contributed by atoms with van der Waals surface area (Å²) in [5.41, 5.74) is -0.239. The number of anilines is 1. The Labute approximate surface area is 161 Å². The number of methoxy groups -OCH3 is 1. The fourth-order valence-corrected chi connectivity index (χ4v) is 3.32. The molecule has 2 rings (SSSR count). The van der Waals surface area contributed by atoms with E-state index in [0.717, 1.165) is 12.8 Å². The molecule has 0 aliphatic carbocycles. The van der Waals surface area contributed by atoms with Gasteiger partial charge in [-0.05, 0) is 45.7 Å². The van der Waals surface area contributed by atoms with E-state index in [1.54, 1.807) is 26.8 Å². The van der Waals surface area contributed by atoms with E-state index in [-0.39, 0.29) is 11.6 Å². The van der Waals surface area contributed by atoms with Crippen LogP contribution in [0.3, 0.4) is 0 Å². The lowest BCUT2D eigenvalue weighted by Gasteiger charge is -2.36. The van der Waals surface area contributed by atoms with E-state index in [2.05, 4.69) is 21.2 Å². The highest BCUT2D eigenvalue weighted by Crippen LogP contribution is 2.31. The summed E-state index contributed by atoms with van der Waals surface area (Å²) in [6.07, 6.45) is 1.08. The number of carbonyl (C=O) groups is 2. The highest BCUT2D eigenvalue weighted by atomic mass is 79.9. The summed E-state index contributed by atoms with van der Waals surface area (Å²) >= 11 is 3.26. The zero-order valence-electron chi connectivity index (χ0n) is 15.4. The van der Waals surface area contributed by atoms with Crippen molar-refractivity contribution in [2.45, 2.75) is 45.3 Å². The molecule has 1 atom stereocenters. The fraction of sp³-hybridized carbons (Fsp3) is 0.556. The van der Waals surface area contributed by atoms with Gasteiger partial charge in [0.15, 0.2) is 0 Å². The van der Waals surface area contributed by atoms with Crippen molar-refractivity contribution < 1.29 is 23.5 Å². The quantitative estimate of drug-likeness (QED) is 0.737. The van der Waals surface area contributed by atoms with Crippen molar-refractivity contribution in [1.82, 2.24) is 5.32 Å². The lowest BCUT2D eigenvalue weighted by molar-refractivity contribution is 0.0498. The van der Waals surface area contributed by atoms with Crippen LogP contribution in [0.2, 0.25) is 0 Å². The Bertz CT molecular complexity index is 691. The molecule has 26 heavy (non-hydrogen) atoms. The van der Waals surface area contributed by atoms with Crippen molar-refractivity contribution in [3.63, 3.8) is 0 Å². The third-order valence-corrected chi connectivity index (χ3v) is 4.36. The van der Waals surface area contributed by atoms with Gasteiger partial charge in [0.05, 0.1) is 12.8 Å². The standard InChI is InChI=1S/C18H24BrFN2O4/c1-18(2,3)26-17(24)21-12-6-5-7-22(10-12)14-9-11(19)8-13(20)15(14)16(23)25-4/h8-9,12H,5-7,10H2,1-4H3,(H,21,24)/t12-/m1/s1. The van der Waals surface area contributed by atoms with Crippen molar-refractivity contribution in [3.8, 4) is 0 Å². The summed E-state index contributed by atoms with van der Waals surface area (Å²) in [5, 5.41) is 2.84. The molecule has 1 aliphatic rings. The molecule has 0 bridgehead atoms. The molecule has 1 amide bonds. The minimum absolute atomic E-state index is 0.103. The molecule has 0 aromatic heterocycles. The number of piperidine rings is 1. The highest BCUT2D eigenvalue weighted by molar-refractivity contribution is 9.10.